The summed E-state index contributed by atoms with van der Waals surface area (Å²) in [5, 5.41) is 10.5. The van der Waals surface area contributed by atoms with E-state index in [0.29, 0.717) is 26.2 Å². The lowest BCUT2D eigenvalue weighted by Gasteiger charge is -2.09. The minimum atomic E-state index is -0.336. The highest BCUT2D eigenvalue weighted by Gasteiger charge is 2.14. The van der Waals surface area contributed by atoms with Gasteiger partial charge in [0.25, 0.3) is 5.91 Å². The van der Waals surface area contributed by atoms with Gasteiger partial charge in [0.1, 0.15) is 0 Å². The largest absolute Gasteiger partial charge is 0.345 e. The number of aromatic nitrogens is 3. The number of aryl methyl sites for hydroxylation is 1. The van der Waals surface area contributed by atoms with Gasteiger partial charge < -0.3 is 5.32 Å². The van der Waals surface area contributed by atoms with Crippen LogP contribution in [0.5, 0.6) is 0 Å². The van der Waals surface area contributed by atoms with Crippen LogP contribution in [-0.2, 0) is 6.54 Å². The summed E-state index contributed by atoms with van der Waals surface area (Å²) in [7, 11) is 0. The molecular weight excluding hydrogens is 379 g/mol. The fourth-order valence-corrected chi connectivity index (χ4v) is 3.04. The molecule has 3 rings (SSSR count). The molecule has 2 aromatic carbocycles. The highest BCUT2D eigenvalue weighted by Crippen LogP contribution is 2.20. The maximum Gasteiger partial charge on any atom is 0.253 e. The molecule has 0 saturated heterocycles. The molecule has 0 aliphatic heterocycles. The van der Waals surface area contributed by atoms with Crippen LogP contribution in [0.15, 0.2) is 42.5 Å². The molecule has 1 amide bonds. The van der Waals surface area contributed by atoms with Crippen molar-refractivity contribution in [3.8, 4) is 5.69 Å². The molecule has 25 heavy (non-hydrogen) atoms. The smallest absolute Gasteiger partial charge is 0.253 e. The Kier molecular flexibility index (Phi) is 5.22. The van der Waals surface area contributed by atoms with Crippen LogP contribution < -0.4 is 5.32 Å². The number of carbonyl (C=O) groups is 1. The van der Waals surface area contributed by atoms with Gasteiger partial charge in [-0.2, -0.15) is 5.10 Å². The number of carbonyl (C=O) groups excluding carboxylic acids is 1. The first-order chi connectivity index (χ1) is 12.0. The van der Waals surface area contributed by atoms with Crippen molar-refractivity contribution >= 4 is 41.3 Å². The minimum Gasteiger partial charge on any atom is -0.345 e. The molecule has 0 atom stereocenters. The molecule has 0 radical (unpaired) electrons. The van der Waals surface area contributed by atoms with Gasteiger partial charge in [0.05, 0.1) is 17.1 Å². The zero-order chi connectivity index (χ0) is 18.0. The average Bonchev–Trinajstić information content (AvgIpc) is 2.95. The minimum absolute atomic E-state index is 0.183. The van der Waals surface area contributed by atoms with Gasteiger partial charge in [-0.25, -0.2) is 0 Å². The summed E-state index contributed by atoms with van der Waals surface area (Å²) in [6.45, 7) is 2.18. The highest BCUT2D eigenvalue weighted by atomic mass is 35.5. The van der Waals surface area contributed by atoms with Crippen molar-refractivity contribution in [3.05, 3.63) is 74.2 Å². The molecular formula is C17H14Cl2N4OS. The molecule has 0 aliphatic rings. The van der Waals surface area contributed by atoms with E-state index >= 15 is 0 Å². The highest BCUT2D eigenvalue weighted by molar-refractivity contribution is 7.71. The molecule has 5 nitrogen and oxygen atoms in total. The van der Waals surface area contributed by atoms with Gasteiger partial charge in [-0.15, -0.1) is 0 Å². The Morgan fingerprint density at radius 3 is 2.84 bits per heavy atom. The Morgan fingerprint density at radius 2 is 2.08 bits per heavy atom. The molecule has 0 unspecified atom stereocenters. The van der Waals surface area contributed by atoms with Crippen molar-refractivity contribution in [2.45, 2.75) is 13.5 Å². The quantitative estimate of drug-likeness (QED) is 0.643. The number of H-pyrrole nitrogens is 1. The van der Waals surface area contributed by atoms with Gasteiger partial charge in [-0.3, -0.25) is 14.5 Å². The van der Waals surface area contributed by atoms with Gasteiger partial charge in [0.2, 0.25) is 0 Å². The standard InChI is InChI=1S/C17H14Cl2N4OS/c1-10-3-2-4-12(7-10)23-15(21-22-17(23)25)9-20-16(24)13-8-11(18)5-6-14(13)19/h2-8H,9H2,1H3,(H,20,24)(H,22,25). The van der Waals surface area contributed by atoms with Gasteiger partial charge in [-0.05, 0) is 55.0 Å². The maximum atomic E-state index is 12.4. The molecule has 8 heteroatoms. The first-order valence-corrected chi connectivity index (χ1v) is 8.58. The van der Waals surface area contributed by atoms with Crippen LogP contribution in [0, 0.1) is 11.7 Å². The van der Waals surface area contributed by atoms with Crippen molar-refractivity contribution in [1.29, 1.82) is 0 Å². The number of nitrogens with one attached hydrogen (secondary N) is 2. The number of amides is 1. The normalized spacial score (nSPS) is 10.7. The lowest BCUT2D eigenvalue weighted by molar-refractivity contribution is 0.0950. The Hall–Kier alpha value is -2.15. The number of halogens is 2. The summed E-state index contributed by atoms with van der Waals surface area (Å²) in [5.41, 5.74) is 2.29. The molecule has 0 spiro atoms. The van der Waals surface area contributed by atoms with Crippen molar-refractivity contribution in [3.63, 3.8) is 0 Å². The van der Waals surface area contributed by atoms with E-state index in [4.69, 9.17) is 35.4 Å². The van der Waals surface area contributed by atoms with Gasteiger partial charge in [0.15, 0.2) is 10.6 Å². The third-order valence-electron chi connectivity index (χ3n) is 3.58. The zero-order valence-electron chi connectivity index (χ0n) is 13.2. The molecule has 0 aliphatic carbocycles. The Balaban J connectivity index is 1.84. The van der Waals surface area contributed by atoms with E-state index in [-0.39, 0.29) is 12.5 Å². The summed E-state index contributed by atoms with van der Waals surface area (Å²) < 4.78 is 2.23. The predicted molar refractivity (Wildman–Crippen MR) is 101 cm³/mol. The number of rotatable bonds is 4. The summed E-state index contributed by atoms with van der Waals surface area (Å²) >= 11 is 17.3. The fourth-order valence-electron chi connectivity index (χ4n) is 2.41. The Labute approximate surface area is 159 Å². The van der Waals surface area contributed by atoms with E-state index in [1.54, 1.807) is 16.7 Å². The molecule has 0 fully saturated rings. The molecule has 1 aromatic heterocycles. The van der Waals surface area contributed by atoms with Crippen LogP contribution in [0.4, 0.5) is 0 Å². The van der Waals surface area contributed by atoms with Gasteiger partial charge in [0, 0.05) is 10.7 Å². The summed E-state index contributed by atoms with van der Waals surface area (Å²) in [6, 6.07) is 12.6. The van der Waals surface area contributed by atoms with E-state index < -0.39 is 0 Å². The van der Waals surface area contributed by atoms with Crippen molar-refractivity contribution in [2.75, 3.05) is 0 Å². The van der Waals surface area contributed by atoms with E-state index in [1.807, 2.05) is 31.2 Å². The van der Waals surface area contributed by atoms with Crippen molar-refractivity contribution in [1.82, 2.24) is 20.1 Å². The van der Waals surface area contributed by atoms with Crippen molar-refractivity contribution < 1.29 is 4.79 Å². The van der Waals surface area contributed by atoms with E-state index in [2.05, 4.69) is 15.5 Å². The first kappa shape index (κ1) is 17.7. The first-order valence-electron chi connectivity index (χ1n) is 7.42. The van der Waals surface area contributed by atoms with Crippen LogP contribution in [0.2, 0.25) is 10.0 Å². The molecule has 128 valence electrons. The third-order valence-corrected chi connectivity index (χ3v) is 4.42. The van der Waals surface area contributed by atoms with E-state index in [9.17, 15) is 4.79 Å². The van der Waals surface area contributed by atoms with Crippen LogP contribution in [-0.4, -0.2) is 20.7 Å². The van der Waals surface area contributed by atoms with E-state index in [0.717, 1.165) is 11.3 Å². The van der Waals surface area contributed by atoms with Gasteiger partial charge in [-0.1, -0.05) is 35.3 Å². The molecule has 0 bridgehead atoms. The molecule has 2 N–H and O–H groups in total. The second kappa shape index (κ2) is 7.39. The van der Waals surface area contributed by atoms with Crippen LogP contribution in [0.3, 0.4) is 0 Å². The average molecular weight is 393 g/mol. The topological polar surface area (TPSA) is 62.7 Å². The summed E-state index contributed by atoms with van der Waals surface area (Å²) in [5.74, 6) is 0.249. The Bertz CT molecular complexity index is 996. The Morgan fingerprint density at radius 1 is 1.28 bits per heavy atom. The molecule has 0 saturated carbocycles. The predicted octanol–water partition coefficient (Wildman–Crippen LogP) is 4.48. The fraction of sp³-hybridized carbons (Fsp3) is 0.118. The third kappa shape index (κ3) is 3.92. The summed E-state index contributed by atoms with van der Waals surface area (Å²) in [4.78, 5) is 12.4. The second-order valence-electron chi connectivity index (χ2n) is 5.43. The van der Waals surface area contributed by atoms with Crippen LogP contribution in [0.25, 0.3) is 5.69 Å². The van der Waals surface area contributed by atoms with Gasteiger partial charge >= 0.3 is 0 Å². The number of nitrogens with zero attached hydrogens (tertiary/aromatic N) is 2. The maximum absolute atomic E-state index is 12.4. The van der Waals surface area contributed by atoms with E-state index in [1.165, 1.54) is 6.07 Å². The van der Waals surface area contributed by atoms with Crippen LogP contribution >= 0.6 is 35.4 Å². The molecule has 1 heterocycles. The number of aromatic amines is 1. The summed E-state index contributed by atoms with van der Waals surface area (Å²) in [6.07, 6.45) is 0. The SMILES string of the molecule is Cc1cccc(-n2c(CNC(=O)c3cc(Cl)ccc3Cl)n[nH]c2=S)c1. The second-order valence-corrected chi connectivity index (χ2v) is 6.66. The monoisotopic (exact) mass is 392 g/mol. The lowest BCUT2D eigenvalue weighted by Crippen LogP contribution is -2.25. The zero-order valence-corrected chi connectivity index (χ0v) is 15.5. The lowest BCUT2D eigenvalue weighted by atomic mass is 10.2. The van der Waals surface area contributed by atoms with Crippen LogP contribution in [0.1, 0.15) is 21.7 Å². The van der Waals surface area contributed by atoms with Crippen molar-refractivity contribution in [2.24, 2.45) is 0 Å². The molecule has 3 aromatic rings. The number of benzene rings is 2. The number of hydrogen-bond donors (Lipinski definition) is 2. The number of hydrogen-bond acceptors (Lipinski definition) is 3.